The van der Waals surface area contributed by atoms with E-state index in [-0.39, 0.29) is 27.4 Å². The van der Waals surface area contributed by atoms with Crippen LogP contribution in [0.2, 0.25) is 15.1 Å². The van der Waals surface area contributed by atoms with E-state index >= 15 is 0 Å². The first-order valence-electron chi connectivity index (χ1n) is 6.81. The van der Waals surface area contributed by atoms with Crippen molar-refractivity contribution >= 4 is 40.7 Å². The van der Waals surface area contributed by atoms with Gasteiger partial charge in [-0.25, -0.2) is 4.98 Å². The second-order valence-corrected chi connectivity index (χ2v) is 6.84. The molecule has 0 aliphatic heterocycles. The van der Waals surface area contributed by atoms with E-state index in [1.807, 2.05) is 0 Å². The fourth-order valence-corrected chi connectivity index (χ4v) is 3.42. The highest BCUT2D eigenvalue weighted by atomic mass is 35.5. The number of aromatic nitrogens is 1. The Kier molecular flexibility index (Phi) is 5.36. The molecule has 0 radical (unpaired) electrons. The molecule has 4 nitrogen and oxygen atoms in total. The number of amides is 1. The van der Waals surface area contributed by atoms with E-state index in [9.17, 15) is 9.90 Å². The maximum atomic E-state index is 12.4. The molecule has 21 heavy (non-hydrogen) atoms. The topological polar surface area (TPSA) is 62.2 Å². The van der Waals surface area contributed by atoms with Crippen LogP contribution in [0.3, 0.4) is 0 Å². The molecule has 7 heteroatoms. The van der Waals surface area contributed by atoms with Gasteiger partial charge in [0.15, 0.2) is 0 Å². The Hall–Kier alpha value is -0.550. The normalized spacial score (nSPS) is 25.7. The summed E-state index contributed by atoms with van der Waals surface area (Å²) in [5.41, 5.74) is -0.594. The van der Waals surface area contributed by atoms with Crippen molar-refractivity contribution in [3.05, 3.63) is 27.0 Å². The highest BCUT2D eigenvalue weighted by molar-refractivity contribution is 6.48. The fraction of sp³-hybridized carbons (Fsp3) is 0.571. The van der Waals surface area contributed by atoms with Crippen LogP contribution in [0.4, 0.5) is 0 Å². The molecule has 1 saturated carbocycles. The van der Waals surface area contributed by atoms with Gasteiger partial charge in [0.1, 0.15) is 5.69 Å². The molecule has 2 N–H and O–H groups in total. The van der Waals surface area contributed by atoms with Gasteiger partial charge in [0.2, 0.25) is 0 Å². The number of hydrogen-bond acceptors (Lipinski definition) is 3. The summed E-state index contributed by atoms with van der Waals surface area (Å²) in [5, 5.41) is 12.9. The number of aliphatic hydroxyl groups excluding tert-OH is 1. The van der Waals surface area contributed by atoms with Gasteiger partial charge in [-0.1, -0.05) is 54.6 Å². The summed E-state index contributed by atoms with van der Waals surface area (Å²) in [7, 11) is 0. The van der Waals surface area contributed by atoms with Crippen molar-refractivity contribution < 1.29 is 9.90 Å². The first-order chi connectivity index (χ1) is 9.88. The number of hydrogen-bond donors (Lipinski definition) is 2. The zero-order valence-electron chi connectivity index (χ0n) is 11.6. The third-order valence-corrected chi connectivity index (χ3v) is 5.15. The van der Waals surface area contributed by atoms with Gasteiger partial charge in [0.05, 0.1) is 27.2 Å². The van der Waals surface area contributed by atoms with Crippen LogP contribution in [-0.2, 0) is 0 Å². The predicted molar refractivity (Wildman–Crippen MR) is 84.2 cm³/mol. The van der Waals surface area contributed by atoms with Gasteiger partial charge in [0, 0.05) is 6.20 Å². The second-order valence-electron chi connectivity index (χ2n) is 5.68. The molecule has 0 spiro atoms. The SMILES string of the molecule is CC1CCCC(CO)(NC(=O)c2ncc(Cl)c(Cl)c2Cl)C1. The number of pyridine rings is 1. The fourth-order valence-electron chi connectivity index (χ4n) is 2.86. The molecule has 0 bridgehead atoms. The molecule has 0 saturated heterocycles. The van der Waals surface area contributed by atoms with E-state index in [1.165, 1.54) is 6.20 Å². The lowest BCUT2D eigenvalue weighted by Crippen LogP contribution is -2.54. The summed E-state index contributed by atoms with van der Waals surface area (Å²) in [6, 6.07) is 0. The highest BCUT2D eigenvalue weighted by Gasteiger charge is 2.36. The Labute approximate surface area is 138 Å². The van der Waals surface area contributed by atoms with E-state index in [0.717, 1.165) is 25.7 Å². The van der Waals surface area contributed by atoms with Crippen LogP contribution in [0.1, 0.15) is 43.1 Å². The van der Waals surface area contributed by atoms with Gasteiger partial charge in [0.25, 0.3) is 5.91 Å². The average molecular weight is 352 g/mol. The third kappa shape index (κ3) is 3.62. The van der Waals surface area contributed by atoms with E-state index in [1.54, 1.807) is 0 Å². The molecule has 2 unspecified atom stereocenters. The first-order valence-corrected chi connectivity index (χ1v) is 7.95. The molecule has 116 valence electrons. The van der Waals surface area contributed by atoms with Crippen LogP contribution in [0, 0.1) is 5.92 Å². The lowest BCUT2D eigenvalue weighted by atomic mass is 9.77. The summed E-state index contributed by atoms with van der Waals surface area (Å²) in [6.07, 6.45) is 4.82. The summed E-state index contributed by atoms with van der Waals surface area (Å²) >= 11 is 17.8. The third-order valence-electron chi connectivity index (χ3n) is 3.91. The minimum atomic E-state index is -0.619. The number of aliphatic hydroxyl groups is 1. The van der Waals surface area contributed by atoms with Crippen molar-refractivity contribution in [3.8, 4) is 0 Å². The first kappa shape index (κ1) is 16.8. The van der Waals surface area contributed by atoms with Crippen molar-refractivity contribution in [1.82, 2.24) is 10.3 Å². The Bertz CT molecular complexity index is 553. The van der Waals surface area contributed by atoms with E-state index in [0.29, 0.717) is 5.92 Å². The number of halogens is 3. The van der Waals surface area contributed by atoms with Crippen LogP contribution < -0.4 is 5.32 Å². The molecule has 0 aromatic carbocycles. The van der Waals surface area contributed by atoms with Crippen LogP contribution >= 0.6 is 34.8 Å². The molecule has 1 aromatic heterocycles. The molecular formula is C14H17Cl3N2O2. The Balaban J connectivity index is 2.22. The van der Waals surface area contributed by atoms with Gasteiger partial charge < -0.3 is 10.4 Å². The minimum Gasteiger partial charge on any atom is -0.394 e. The summed E-state index contributed by atoms with van der Waals surface area (Å²) in [6.45, 7) is 2.00. The monoisotopic (exact) mass is 350 g/mol. The van der Waals surface area contributed by atoms with Crippen LogP contribution in [0.25, 0.3) is 0 Å². The van der Waals surface area contributed by atoms with Crippen LogP contribution in [0.5, 0.6) is 0 Å². The van der Waals surface area contributed by atoms with Gasteiger partial charge >= 0.3 is 0 Å². The molecule has 1 fully saturated rings. The van der Waals surface area contributed by atoms with E-state index in [4.69, 9.17) is 34.8 Å². The number of nitrogens with zero attached hydrogens (tertiary/aromatic N) is 1. The van der Waals surface area contributed by atoms with Crippen molar-refractivity contribution in [2.24, 2.45) is 5.92 Å². The van der Waals surface area contributed by atoms with Gasteiger partial charge in [-0.3, -0.25) is 4.79 Å². The van der Waals surface area contributed by atoms with Crippen LogP contribution in [-0.4, -0.2) is 28.1 Å². The average Bonchev–Trinajstić information content (AvgIpc) is 2.44. The zero-order valence-corrected chi connectivity index (χ0v) is 13.9. The number of carbonyl (C=O) groups excluding carboxylic acids is 1. The molecule has 1 aromatic rings. The quantitative estimate of drug-likeness (QED) is 0.872. The largest absolute Gasteiger partial charge is 0.394 e. The molecule has 2 rings (SSSR count). The molecule has 1 heterocycles. The van der Waals surface area contributed by atoms with Gasteiger partial charge in [-0.2, -0.15) is 0 Å². The maximum absolute atomic E-state index is 12.4. The summed E-state index contributed by atoms with van der Waals surface area (Å²) in [5.74, 6) is 0.00477. The van der Waals surface area contributed by atoms with Crippen molar-refractivity contribution in [2.75, 3.05) is 6.61 Å². The Morgan fingerprint density at radius 1 is 1.48 bits per heavy atom. The lowest BCUT2D eigenvalue weighted by Gasteiger charge is -2.39. The second kappa shape index (κ2) is 6.69. The van der Waals surface area contributed by atoms with E-state index in [2.05, 4.69) is 17.2 Å². The zero-order chi connectivity index (χ0) is 15.6. The van der Waals surface area contributed by atoms with Crippen molar-refractivity contribution in [3.63, 3.8) is 0 Å². The molecule has 1 amide bonds. The van der Waals surface area contributed by atoms with Gasteiger partial charge in [-0.15, -0.1) is 0 Å². The smallest absolute Gasteiger partial charge is 0.271 e. The van der Waals surface area contributed by atoms with Crippen molar-refractivity contribution in [2.45, 2.75) is 38.1 Å². The number of nitrogens with one attached hydrogen (secondary N) is 1. The number of rotatable bonds is 3. The Morgan fingerprint density at radius 3 is 2.81 bits per heavy atom. The molecule has 1 aliphatic rings. The summed E-state index contributed by atoms with van der Waals surface area (Å²) in [4.78, 5) is 16.3. The minimum absolute atomic E-state index is 0.0251. The molecule has 2 atom stereocenters. The molecule has 1 aliphatic carbocycles. The maximum Gasteiger partial charge on any atom is 0.271 e. The molecular weight excluding hydrogens is 335 g/mol. The highest BCUT2D eigenvalue weighted by Crippen LogP contribution is 2.34. The van der Waals surface area contributed by atoms with Gasteiger partial charge in [-0.05, 0) is 18.8 Å². The standard InChI is InChI=1S/C14H17Cl3N2O2/c1-8-3-2-4-14(5-8,7-20)19-13(21)12-11(17)10(16)9(15)6-18-12/h6,8,20H,2-5,7H2,1H3,(H,19,21). The lowest BCUT2D eigenvalue weighted by molar-refractivity contribution is 0.0693. The van der Waals surface area contributed by atoms with Crippen molar-refractivity contribution in [1.29, 1.82) is 0 Å². The Morgan fingerprint density at radius 2 is 2.19 bits per heavy atom. The van der Waals surface area contributed by atoms with Crippen LogP contribution in [0.15, 0.2) is 6.20 Å². The summed E-state index contributed by atoms with van der Waals surface area (Å²) < 4.78 is 0. The van der Waals surface area contributed by atoms with E-state index < -0.39 is 11.4 Å². The predicted octanol–water partition coefficient (Wildman–Crippen LogP) is 3.71. The number of carbonyl (C=O) groups is 1.